The van der Waals surface area contributed by atoms with E-state index in [1.165, 1.54) is 0 Å². The SMILES string of the molecule is NC1(C(=O)Nc2cc(Br)cnc2Cl)CCCCC1. The number of carbonyl (C=O) groups is 1. The number of pyridine rings is 1. The molecule has 0 atom stereocenters. The van der Waals surface area contributed by atoms with Gasteiger partial charge in [-0.1, -0.05) is 30.9 Å². The molecule has 2 rings (SSSR count). The lowest BCUT2D eigenvalue weighted by Gasteiger charge is -2.31. The number of aromatic nitrogens is 1. The first-order chi connectivity index (χ1) is 8.51. The van der Waals surface area contributed by atoms with Crippen LogP contribution in [0.25, 0.3) is 0 Å². The number of nitrogens with one attached hydrogen (secondary N) is 1. The van der Waals surface area contributed by atoms with Crippen molar-refractivity contribution >= 4 is 39.1 Å². The fourth-order valence-electron chi connectivity index (χ4n) is 2.17. The maximum absolute atomic E-state index is 12.2. The van der Waals surface area contributed by atoms with E-state index in [9.17, 15) is 4.79 Å². The average Bonchev–Trinajstić information content (AvgIpc) is 2.35. The van der Waals surface area contributed by atoms with Crippen molar-refractivity contribution in [1.29, 1.82) is 0 Å². The standard InChI is InChI=1S/C12H15BrClN3O/c13-8-6-9(10(14)16-7-8)17-11(18)12(15)4-2-1-3-5-12/h6-7H,1-5,15H2,(H,17,18). The fraction of sp³-hybridized carbons (Fsp3) is 0.500. The van der Waals surface area contributed by atoms with Gasteiger partial charge in [0.15, 0.2) is 5.15 Å². The molecule has 0 saturated heterocycles. The van der Waals surface area contributed by atoms with E-state index in [4.69, 9.17) is 17.3 Å². The summed E-state index contributed by atoms with van der Waals surface area (Å²) in [6.45, 7) is 0. The minimum Gasteiger partial charge on any atom is -0.322 e. The highest BCUT2D eigenvalue weighted by molar-refractivity contribution is 9.10. The van der Waals surface area contributed by atoms with Crippen LogP contribution in [0.5, 0.6) is 0 Å². The third kappa shape index (κ3) is 3.02. The summed E-state index contributed by atoms with van der Waals surface area (Å²) in [7, 11) is 0. The van der Waals surface area contributed by atoms with Crippen LogP contribution < -0.4 is 11.1 Å². The van der Waals surface area contributed by atoms with Crippen LogP contribution in [-0.2, 0) is 4.79 Å². The summed E-state index contributed by atoms with van der Waals surface area (Å²) >= 11 is 9.23. The van der Waals surface area contributed by atoms with Gasteiger partial charge in [0.05, 0.1) is 11.2 Å². The third-order valence-electron chi connectivity index (χ3n) is 3.25. The van der Waals surface area contributed by atoms with Crippen LogP contribution in [-0.4, -0.2) is 16.4 Å². The molecule has 1 aromatic rings. The van der Waals surface area contributed by atoms with Gasteiger partial charge in [-0.25, -0.2) is 4.98 Å². The van der Waals surface area contributed by atoms with E-state index in [0.717, 1.165) is 36.6 Å². The third-order valence-corrected chi connectivity index (χ3v) is 3.99. The number of halogens is 2. The molecule has 1 fully saturated rings. The fourth-order valence-corrected chi connectivity index (χ4v) is 2.65. The van der Waals surface area contributed by atoms with Crippen molar-refractivity contribution in [2.45, 2.75) is 37.6 Å². The maximum atomic E-state index is 12.2. The van der Waals surface area contributed by atoms with E-state index in [2.05, 4.69) is 26.2 Å². The Labute approximate surface area is 119 Å². The molecule has 0 aromatic carbocycles. The average molecular weight is 333 g/mol. The Morgan fingerprint density at radius 3 is 2.78 bits per heavy atom. The molecule has 1 amide bonds. The summed E-state index contributed by atoms with van der Waals surface area (Å²) in [6, 6.07) is 1.72. The smallest absolute Gasteiger partial charge is 0.244 e. The van der Waals surface area contributed by atoms with E-state index < -0.39 is 5.54 Å². The van der Waals surface area contributed by atoms with Gasteiger partial charge >= 0.3 is 0 Å². The largest absolute Gasteiger partial charge is 0.322 e. The van der Waals surface area contributed by atoms with Crippen LogP contribution >= 0.6 is 27.5 Å². The quantitative estimate of drug-likeness (QED) is 0.818. The predicted molar refractivity (Wildman–Crippen MR) is 75.6 cm³/mol. The van der Waals surface area contributed by atoms with Gasteiger partial charge in [0.1, 0.15) is 0 Å². The second-order valence-electron chi connectivity index (χ2n) is 4.66. The summed E-state index contributed by atoms with van der Waals surface area (Å²) < 4.78 is 0.761. The van der Waals surface area contributed by atoms with Crippen molar-refractivity contribution in [3.8, 4) is 0 Å². The van der Waals surface area contributed by atoms with Gasteiger partial charge in [0.2, 0.25) is 5.91 Å². The first-order valence-corrected chi connectivity index (χ1v) is 7.10. The van der Waals surface area contributed by atoms with E-state index in [-0.39, 0.29) is 11.1 Å². The summed E-state index contributed by atoms with van der Waals surface area (Å²) in [5.74, 6) is -0.177. The highest BCUT2D eigenvalue weighted by Gasteiger charge is 2.35. The van der Waals surface area contributed by atoms with Crippen molar-refractivity contribution in [2.24, 2.45) is 5.73 Å². The topological polar surface area (TPSA) is 68.0 Å². The molecule has 1 aliphatic rings. The molecule has 6 heteroatoms. The molecular weight excluding hydrogens is 318 g/mol. The van der Waals surface area contributed by atoms with Crippen molar-refractivity contribution < 1.29 is 4.79 Å². The maximum Gasteiger partial charge on any atom is 0.244 e. The zero-order valence-electron chi connectivity index (χ0n) is 9.88. The van der Waals surface area contributed by atoms with Gasteiger partial charge in [-0.2, -0.15) is 0 Å². The Balaban J connectivity index is 2.13. The molecule has 4 nitrogen and oxygen atoms in total. The second kappa shape index (κ2) is 5.55. The molecule has 1 heterocycles. The molecule has 3 N–H and O–H groups in total. The molecule has 0 bridgehead atoms. The Bertz CT molecular complexity index is 461. The van der Waals surface area contributed by atoms with Crippen molar-refractivity contribution in [3.63, 3.8) is 0 Å². The van der Waals surface area contributed by atoms with Crippen LogP contribution in [0, 0.1) is 0 Å². The Hall–Kier alpha value is -0.650. The minimum absolute atomic E-state index is 0.177. The van der Waals surface area contributed by atoms with Crippen molar-refractivity contribution in [2.75, 3.05) is 5.32 Å². The van der Waals surface area contributed by atoms with Crippen LogP contribution in [0.3, 0.4) is 0 Å². The Kier molecular flexibility index (Phi) is 4.25. The van der Waals surface area contributed by atoms with Gasteiger partial charge in [0, 0.05) is 10.7 Å². The zero-order valence-corrected chi connectivity index (χ0v) is 12.2. The first-order valence-electron chi connectivity index (χ1n) is 5.93. The first kappa shape index (κ1) is 13.8. The molecule has 1 aliphatic carbocycles. The summed E-state index contributed by atoms with van der Waals surface area (Å²) in [5, 5.41) is 3.04. The molecule has 98 valence electrons. The highest BCUT2D eigenvalue weighted by atomic mass is 79.9. The van der Waals surface area contributed by atoms with Gasteiger partial charge in [0.25, 0.3) is 0 Å². The van der Waals surface area contributed by atoms with Crippen LogP contribution in [0.1, 0.15) is 32.1 Å². The number of hydrogen-bond acceptors (Lipinski definition) is 3. The lowest BCUT2D eigenvalue weighted by Crippen LogP contribution is -2.52. The van der Waals surface area contributed by atoms with E-state index in [1.54, 1.807) is 12.3 Å². The van der Waals surface area contributed by atoms with Gasteiger partial charge in [-0.15, -0.1) is 0 Å². The van der Waals surface area contributed by atoms with E-state index >= 15 is 0 Å². The lowest BCUT2D eigenvalue weighted by atomic mass is 9.82. The Morgan fingerprint density at radius 2 is 2.11 bits per heavy atom. The number of hydrogen-bond donors (Lipinski definition) is 2. The normalized spacial score (nSPS) is 18.4. The van der Waals surface area contributed by atoms with E-state index in [0.29, 0.717) is 5.69 Å². The zero-order chi connectivity index (χ0) is 13.2. The van der Waals surface area contributed by atoms with Crippen molar-refractivity contribution in [1.82, 2.24) is 4.98 Å². The van der Waals surface area contributed by atoms with Crippen molar-refractivity contribution in [3.05, 3.63) is 21.9 Å². The van der Waals surface area contributed by atoms with Crippen LogP contribution in [0.4, 0.5) is 5.69 Å². The molecular formula is C12H15BrClN3O. The number of nitrogens with two attached hydrogens (primary N) is 1. The second-order valence-corrected chi connectivity index (χ2v) is 5.94. The highest BCUT2D eigenvalue weighted by Crippen LogP contribution is 2.29. The summed E-state index contributed by atoms with van der Waals surface area (Å²) in [4.78, 5) is 16.2. The molecule has 0 aliphatic heterocycles. The number of carbonyl (C=O) groups excluding carboxylic acids is 1. The van der Waals surface area contributed by atoms with Crippen LogP contribution in [0.15, 0.2) is 16.7 Å². The van der Waals surface area contributed by atoms with Gasteiger partial charge in [-0.05, 0) is 34.8 Å². The molecule has 1 aromatic heterocycles. The molecule has 1 saturated carbocycles. The molecule has 18 heavy (non-hydrogen) atoms. The summed E-state index contributed by atoms with van der Waals surface area (Å²) in [5.41, 5.74) is 5.87. The summed E-state index contributed by atoms with van der Waals surface area (Å²) in [6.07, 6.45) is 6.15. The lowest BCUT2D eigenvalue weighted by molar-refractivity contribution is -0.122. The Morgan fingerprint density at radius 1 is 1.44 bits per heavy atom. The monoisotopic (exact) mass is 331 g/mol. The van der Waals surface area contributed by atoms with Gasteiger partial charge in [-0.3, -0.25) is 4.79 Å². The minimum atomic E-state index is -0.774. The number of amides is 1. The molecule has 0 unspecified atom stereocenters. The van der Waals surface area contributed by atoms with Gasteiger partial charge < -0.3 is 11.1 Å². The predicted octanol–water partition coefficient (Wildman–Crippen LogP) is 3.10. The van der Waals surface area contributed by atoms with E-state index in [1.807, 2.05) is 0 Å². The molecule has 0 radical (unpaired) electrons. The number of nitrogens with zero attached hydrogens (tertiary/aromatic N) is 1. The number of anilines is 1. The molecule has 0 spiro atoms. The van der Waals surface area contributed by atoms with Crippen LogP contribution in [0.2, 0.25) is 5.15 Å². The number of rotatable bonds is 2.